The van der Waals surface area contributed by atoms with E-state index >= 15 is 0 Å². The molecule has 0 bridgehead atoms. The van der Waals surface area contributed by atoms with E-state index in [0.29, 0.717) is 6.42 Å². The minimum Gasteiger partial charge on any atom is -0.368 e. The smallest absolute Gasteiger partial charge is 0.234 e. The number of hydrogen-bond donors (Lipinski definition) is 3. The van der Waals surface area contributed by atoms with Crippen molar-refractivity contribution in [1.29, 1.82) is 0 Å². The normalized spacial score (nSPS) is 10.8. The Balaban J connectivity index is 0. The van der Waals surface area contributed by atoms with Crippen molar-refractivity contribution in [2.45, 2.75) is 12.5 Å². The maximum absolute atomic E-state index is 10.5. The van der Waals surface area contributed by atoms with Crippen LogP contribution in [0.3, 0.4) is 0 Å². The fourth-order valence-corrected chi connectivity index (χ4v) is 0.734. The van der Waals surface area contributed by atoms with Crippen LogP contribution in [0.25, 0.3) is 0 Å². The molecule has 5 nitrogen and oxygen atoms in total. The molecule has 76 valence electrons. The standard InChI is InChI=1S/C6H10N4O.2ClH/c7-5(6(8)11)1-4-2-9-3-10-4;;/h2-3,5H,1,7H2,(H2,8,11)(H,9,10);2*1H. The SMILES string of the molecule is Cl.Cl.NC(=O)C(N)Cc1cnc[nH]1. The van der Waals surface area contributed by atoms with Gasteiger partial charge in [0.05, 0.1) is 12.4 Å². The number of imidazole rings is 1. The van der Waals surface area contributed by atoms with Crippen molar-refractivity contribution in [2.24, 2.45) is 11.5 Å². The van der Waals surface area contributed by atoms with Crippen molar-refractivity contribution in [3.8, 4) is 0 Å². The molecule has 7 heteroatoms. The third-order valence-electron chi connectivity index (χ3n) is 1.36. The van der Waals surface area contributed by atoms with E-state index in [-0.39, 0.29) is 24.8 Å². The topological polar surface area (TPSA) is 97.8 Å². The number of aromatic nitrogens is 2. The summed E-state index contributed by atoms with van der Waals surface area (Å²) in [6.07, 6.45) is 3.56. The molecule has 1 heterocycles. The number of hydrogen-bond acceptors (Lipinski definition) is 3. The molecule has 5 N–H and O–H groups in total. The minimum absolute atomic E-state index is 0. The number of nitrogens with zero attached hydrogens (tertiary/aromatic N) is 1. The Kier molecular flexibility index (Phi) is 7.60. The zero-order chi connectivity index (χ0) is 8.27. The molecule has 0 radical (unpaired) electrons. The van der Waals surface area contributed by atoms with Crippen LogP contribution in [0.5, 0.6) is 0 Å². The number of carbonyl (C=O) groups is 1. The van der Waals surface area contributed by atoms with Crippen molar-refractivity contribution >= 4 is 30.7 Å². The molecule has 13 heavy (non-hydrogen) atoms. The van der Waals surface area contributed by atoms with E-state index in [2.05, 4.69) is 9.97 Å². The van der Waals surface area contributed by atoms with Crippen molar-refractivity contribution in [1.82, 2.24) is 9.97 Å². The summed E-state index contributed by atoms with van der Waals surface area (Å²) in [5.41, 5.74) is 11.2. The van der Waals surface area contributed by atoms with Gasteiger partial charge in [0, 0.05) is 18.3 Å². The molecule has 0 aliphatic carbocycles. The lowest BCUT2D eigenvalue weighted by Crippen LogP contribution is -2.38. The summed E-state index contributed by atoms with van der Waals surface area (Å²) >= 11 is 0. The molecule has 0 aromatic carbocycles. The number of rotatable bonds is 3. The maximum atomic E-state index is 10.5. The lowest BCUT2D eigenvalue weighted by molar-refractivity contribution is -0.119. The van der Waals surface area contributed by atoms with Crippen molar-refractivity contribution in [3.63, 3.8) is 0 Å². The molecule has 0 spiro atoms. The Morgan fingerprint density at radius 2 is 2.23 bits per heavy atom. The monoisotopic (exact) mass is 226 g/mol. The van der Waals surface area contributed by atoms with Gasteiger partial charge in [-0.05, 0) is 0 Å². The van der Waals surface area contributed by atoms with Gasteiger partial charge in [0.1, 0.15) is 0 Å². The van der Waals surface area contributed by atoms with Gasteiger partial charge in [-0.3, -0.25) is 4.79 Å². The largest absolute Gasteiger partial charge is 0.368 e. The van der Waals surface area contributed by atoms with Crippen LogP contribution in [0.2, 0.25) is 0 Å². The van der Waals surface area contributed by atoms with Gasteiger partial charge in [0.15, 0.2) is 0 Å². The van der Waals surface area contributed by atoms with Gasteiger partial charge in [0.2, 0.25) is 5.91 Å². The molecule has 1 aromatic heterocycles. The van der Waals surface area contributed by atoms with Crippen LogP contribution in [0.4, 0.5) is 0 Å². The third-order valence-corrected chi connectivity index (χ3v) is 1.36. The Morgan fingerprint density at radius 3 is 2.62 bits per heavy atom. The zero-order valence-corrected chi connectivity index (χ0v) is 8.40. The average Bonchev–Trinajstić information content (AvgIpc) is 2.39. The van der Waals surface area contributed by atoms with Crippen LogP contribution < -0.4 is 11.5 Å². The summed E-state index contributed by atoms with van der Waals surface area (Å²) in [6.45, 7) is 0. The Labute approximate surface area is 88.1 Å². The summed E-state index contributed by atoms with van der Waals surface area (Å²) in [6, 6.07) is -0.629. The zero-order valence-electron chi connectivity index (χ0n) is 6.77. The first-order chi connectivity index (χ1) is 5.20. The molecule has 0 aliphatic heterocycles. The highest BCUT2D eigenvalue weighted by Crippen LogP contribution is 1.94. The van der Waals surface area contributed by atoms with Crippen LogP contribution in [0, 0.1) is 0 Å². The van der Waals surface area contributed by atoms with Crippen molar-refractivity contribution < 1.29 is 4.79 Å². The fourth-order valence-electron chi connectivity index (χ4n) is 0.734. The molecule has 1 amide bonds. The summed E-state index contributed by atoms with van der Waals surface area (Å²) in [7, 11) is 0. The van der Waals surface area contributed by atoms with Gasteiger partial charge in [0.25, 0.3) is 0 Å². The first kappa shape index (κ1) is 14.7. The lowest BCUT2D eigenvalue weighted by Gasteiger charge is -2.03. The van der Waals surface area contributed by atoms with Gasteiger partial charge in [-0.25, -0.2) is 4.98 Å². The van der Waals surface area contributed by atoms with Crippen LogP contribution in [-0.2, 0) is 11.2 Å². The second kappa shape index (κ2) is 6.71. The average molecular weight is 227 g/mol. The van der Waals surface area contributed by atoms with Gasteiger partial charge >= 0.3 is 0 Å². The number of halogens is 2. The molecule has 0 aliphatic rings. The molecule has 0 fully saturated rings. The Hall–Kier alpha value is -0.780. The highest BCUT2D eigenvalue weighted by atomic mass is 35.5. The predicted octanol–water partition coefficient (Wildman–Crippen LogP) is -0.392. The number of carbonyl (C=O) groups excluding carboxylic acids is 1. The second-order valence-corrected chi connectivity index (χ2v) is 2.29. The first-order valence-corrected chi connectivity index (χ1v) is 3.22. The minimum atomic E-state index is -0.629. The van der Waals surface area contributed by atoms with Gasteiger partial charge in [-0.1, -0.05) is 0 Å². The van der Waals surface area contributed by atoms with E-state index in [9.17, 15) is 4.79 Å². The van der Waals surface area contributed by atoms with Crippen LogP contribution >= 0.6 is 24.8 Å². The molecule has 1 rings (SSSR count). The Morgan fingerprint density at radius 1 is 1.62 bits per heavy atom. The Bertz CT molecular complexity index is 239. The number of nitrogens with two attached hydrogens (primary N) is 2. The van der Waals surface area contributed by atoms with E-state index < -0.39 is 11.9 Å². The second-order valence-electron chi connectivity index (χ2n) is 2.29. The predicted molar refractivity (Wildman–Crippen MR) is 54.0 cm³/mol. The molecule has 1 aromatic rings. The number of nitrogens with one attached hydrogen (secondary N) is 1. The molecule has 0 saturated carbocycles. The number of amides is 1. The fraction of sp³-hybridized carbons (Fsp3) is 0.333. The highest BCUT2D eigenvalue weighted by molar-refractivity contribution is 5.85. The number of aromatic amines is 1. The summed E-state index contributed by atoms with van der Waals surface area (Å²) in [5.74, 6) is -0.500. The van der Waals surface area contributed by atoms with Gasteiger partial charge in [-0.15, -0.1) is 24.8 Å². The quantitative estimate of drug-likeness (QED) is 0.655. The highest BCUT2D eigenvalue weighted by Gasteiger charge is 2.09. The summed E-state index contributed by atoms with van der Waals surface area (Å²) < 4.78 is 0. The van der Waals surface area contributed by atoms with Gasteiger partial charge in [-0.2, -0.15) is 0 Å². The van der Waals surface area contributed by atoms with Crippen molar-refractivity contribution in [2.75, 3.05) is 0 Å². The van der Waals surface area contributed by atoms with Crippen LogP contribution in [0.1, 0.15) is 5.69 Å². The number of H-pyrrole nitrogens is 1. The van der Waals surface area contributed by atoms with E-state index in [1.807, 2.05) is 0 Å². The molecular formula is C6H12Cl2N4O. The molecule has 0 saturated heterocycles. The van der Waals surface area contributed by atoms with E-state index in [1.165, 1.54) is 6.33 Å². The van der Waals surface area contributed by atoms with Crippen LogP contribution in [0.15, 0.2) is 12.5 Å². The molecule has 1 unspecified atom stereocenters. The van der Waals surface area contributed by atoms with Crippen molar-refractivity contribution in [3.05, 3.63) is 18.2 Å². The van der Waals surface area contributed by atoms with E-state index in [0.717, 1.165) is 5.69 Å². The van der Waals surface area contributed by atoms with Crippen LogP contribution in [-0.4, -0.2) is 21.9 Å². The van der Waals surface area contributed by atoms with E-state index in [1.54, 1.807) is 6.20 Å². The summed E-state index contributed by atoms with van der Waals surface area (Å²) in [4.78, 5) is 17.1. The summed E-state index contributed by atoms with van der Waals surface area (Å²) in [5, 5.41) is 0. The third kappa shape index (κ3) is 4.72. The molecule has 1 atom stereocenters. The molecular weight excluding hydrogens is 215 g/mol. The first-order valence-electron chi connectivity index (χ1n) is 3.22. The number of primary amides is 1. The van der Waals surface area contributed by atoms with E-state index in [4.69, 9.17) is 11.5 Å². The van der Waals surface area contributed by atoms with Gasteiger partial charge < -0.3 is 16.5 Å². The lowest BCUT2D eigenvalue weighted by atomic mass is 10.2. The maximum Gasteiger partial charge on any atom is 0.234 e.